The second-order valence-corrected chi connectivity index (χ2v) is 10.3. The van der Waals surface area contributed by atoms with E-state index in [2.05, 4.69) is 34.9 Å². The third-order valence-corrected chi connectivity index (χ3v) is 7.57. The number of amides is 2. The molecule has 2 aromatic carbocycles. The highest BCUT2D eigenvalue weighted by Gasteiger charge is 2.32. The molecule has 186 valence electrons. The topological polar surface area (TPSA) is 105 Å². The Morgan fingerprint density at radius 2 is 1.66 bits per heavy atom. The summed E-state index contributed by atoms with van der Waals surface area (Å²) in [6.07, 6.45) is 3.66. The molecule has 1 saturated carbocycles. The first-order chi connectivity index (χ1) is 17.0. The molecule has 0 heterocycles. The van der Waals surface area contributed by atoms with E-state index in [0.717, 1.165) is 40.8 Å². The molecule has 2 aromatic rings. The van der Waals surface area contributed by atoms with E-state index in [1.54, 1.807) is 11.8 Å². The number of carbonyl (C=O) groups excluding carboxylic acids is 2. The maximum absolute atomic E-state index is 12.8. The van der Waals surface area contributed by atoms with Crippen LogP contribution in [0.25, 0.3) is 11.1 Å². The third kappa shape index (κ3) is 6.17. The number of hydrogen-bond donors (Lipinski definition) is 3. The number of aliphatic carboxylic acids is 1. The van der Waals surface area contributed by atoms with Gasteiger partial charge in [0.2, 0.25) is 5.91 Å². The molecular formula is C27H32N2O5S. The molecule has 0 spiro atoms. The van der Waals surface area contributed by atoms with Crippen molar-refractivity contribution in [1.82, 2.24) is 10.6 Å². The second-order valence-electron chi connectivity index (χ2n) is 9.35. The molecule has 4 rings (SSSR count). The van der Waals surface area contributed by atoms with Crippen LogP contribution >= 0.6 is 11.8 Å². The van der Waals surface area contributed by atoms with Crippen LogP contribution in [0.2, 0.25) is 0 Å². The molecule has 3 N–H and O–H groups in total. The van der Waals surface area contributed by atoms with E-state index in [0.29, 0.717) is 18.9 Å². The highest BCUT2D eigenvalue weighted by atomic mass is 32.2. The summed E-state index contributed by atoms with van der Waals surface area (Å²) in [5.41, 5.74) is 4.60. The number of carboxylic acid groups (broad SMARTS) is 1. The second kappa shape index (κ2) is 11.6. The van der Waals surface area contributed by atoms with Gasteiger partial charge in [0, 0.05) is 18.9 Å². The van der Waals surface area contributed by atoms with Gasteiger partial charge < -0.3 is 20.5 Å². The first-order valence-electron chi connectivity index (χ1n) is 12.1. The van der Waals surface area contributed by atoms with E-state index in [4.69, 9.17) is 9.84 Å². The SMILES string of the molecule is CSCC[C@@H](NC(=O)OCC1c2ccccc2-c2ccccc21)C(=O)NCC1CC(CC(=O)O)C1. The summed E-state index contributed by atoms with van der Waals surface area (Å²) < 4.78 is 5.62. The van der Waals surface area contributed by atoms with Crippen LogP contribution in [0.3, 0.4) is 0 Å². The van der Waals surface area contributed by atoms with Crippen LogP contribution in [0.4, 0.5) is 4.79 Å². The first kappa shape index (κ1) is 25.1. The lowest BCUT2D eigenvalue weighted by molar-refractivity contribution is -0.139. The minimum atomic E-state index is -0.776. The molecule has 0 radical (unpaired) electrons. The van der Waals surface area contributed by atoms with Crippen molar-refractivity contribution in [2.45, 2.75) is 37.6 Å². The highest BCUT2D eigenvalue weighted by Crippen LogP contribution is 2.44. The highest BCUT2D eigenvalue weighted by molar-refractivity contribution is 7.98. The van der Waals surface area contributed by atoms with Gasteiger partial charge in [0.1, 0.15) is 12.6 Å². The molecule has 1 fully saturated rings. The average Bonchev–Trinajstić information content (AvgIpc) is 3.15. The number of fused-ring (bicyclic) bond motifs is 3. The van der Waals surface area contributed by atoms with Gasteiger partial charge in [-0.15, -0.1) is 0 Å². The minimum absolute atomic E-state index is 0.0380. The van der Waals surface area contributed by atoms with E-state index < -0.39 is 18.1 Å². The van der Waals surface area contributed by atoms with Crippen LogP contribution in [0.5, 0.6) is 0 Å². The van der Waals surface area contributed by atoms with Crippen LogP contribution in [-0.2, 0) is 14.3 Å². The molecular weight excluding hydrogens is 464 g/mol. The summed E-state index contributed by atoms with van der Waals surface area (Å²) in [5.74, 6) is 0.172. The summed E-state index contributed by atoms with van der Waals surface area (Å²) in [6.45, 7) is 0.695. The standard InChI is InChI=1S/C27H32N2O5S/c1-35-11-10-24(26(32)28-15-18-12-17(13-18)14-25(30)31)29-27(33)34-16-23-21-8-4-2-6-19(21)20-7-3-5-9-22(20)23/h2-9,17-18,23-24H,10-16H2,1H3,(H,28,32)(H,29,33)(H,30,31)/t17?,18?,24-/m1/s1. The van der Waals surface area contributed by atoms with Gasteiger partial charge in [0.05, 0.1) is 0 Å². The summed E-state index contributed by atoms with van der Waals surface area (Å²) in [6, 6.07) is 15.6. The largest absolute Gasteiger partial charge is 0.481 e. The molecule has 2 aliphatic rings. The lowest BCUT2D eigenvalue weighted by Crippen LogP contribution is -2.49. The zero-order valence-electron chi connectivity index (χ0n) is 19.9. The van der Waals surface area contributed by atoms with Crippen molar-refractivity contribution in [3.63, 3.8) is 0 Å². The fourth-order valence-corrected chi connectivity index (χ4v) is 5.58. The molecule has 35 heavy (non-hydrogen) atoms. The van der Waals surface area contributed by atoms with Crippen molar-refractivity contribution in [2.75, 3.05) is 25.2 Å². The lowest BCUT2D eigenvalue weighted by atomic mass is 9.73. The van der Waals surface area contributed by atoms with Gasteiger partial charge in [-0.3, -0.25) is 9.59 Å². The van der Waals surface area contributed by atoms with Gasteiger partial charge in [-0.25, -0.2) is 4.79 Å². The molecule has 1 atom stereocenters. The summed E-state index contributed by atoms with van der Waals surface area (Å²) in [7, 11) is 0. The van der Waals surface area contributed by atoms with E-state index in [1.165, 1.54) is 0 Å². The fraction of sp³-hybridized carbons (Fsp3) is 0.444. The number of alkyl carbamates (subject to hydrolysis) is 1. The molecule has 0 bridgehead atoms. The summed E-state index contributed by atoms with van der Waals surface area (Å²) in [5, 5.41) is 14.6. The van der Waals surface area contributed by atoms with Crippen molar-refractivity contribution in [3.05, 3.63) is 59.7 Å². The van der Waals surface area contributed by atoms with Crippen molar-refractivity contribution in [2.24, 2.45) is 11.8 Å². The zero-order valence-corrected chi connectivity index (χ0v) is 20.7. The number of rotatable bonds is 11. The predicted octanol–water partition coefficient (Wildman–Crippen LogP) is 4.26. The molecule has 2 amide bonds. The Morgan fingerprint density at radius 1 is 1.03 bits per heavy atom. The van der Waals surface area contributed by atoms with Crippen molar-refractivity contribution in [3.8, 4) is 11.1 Å². The minimum Gasteiger partial charge on any atom is -0.481 e. The van der Waals surface area contributed by atoms with E-state index in [9.17, 15) is 14.4 Å². The van der Waals surface area contributed by atoms with Crippen LogP contribution in [0.1, 0.15) is 42.7 Å². The van der Waals surface area contributed by atoms with Crippen LogP contribution in [0.15, 0.2) is 48.5 Å². The Morgan fingerprint density at radius 3 is 2.26 bits per heavy atom. The number of hydrogen-bond acceptors (Lipinski definition) is 5. The van der Waals surface area contributed by atoms with Crippen LogP contribution in [0, 0.1) is 11.8 Å². The van der Waals surface area contributed by atoms with Crippen molar-refractivity contribution >= 4 is 29.7 Å². The summed E-state index contributed by atoms with van der Waals surface area (Å²) >= 11 is 1.61. The van der Waals surface area contributed by atoms with Gasteiger partial charge in [0.15, 0.2) is 0 Å². The van der Waals surface area contributed by atoms with Gasteiger partial charge in [-0.1, -0.05) is 48.5 Å². The molecule has 2 aliphatic carbocycles. The Kier molecular flexibility index (Phi) is 8.33. The van der Waals surface area contributed by atoms with Gasteiger partial charge >= 0.3 is 12.1 Å². The molecule has 7 nitrogen and oxygen atoms in total. The molecule has 8 heteroatoms. The maximum Gasteiger partial charge on any atom is 0.407 e. The summed E-state index contributed by atoms with van der Waals surface area (Å²) in [4.78, 5) is 36.3. The predicted molar refractivity (Wildman–Crippen MR) is 136 cm³/mol. The molecule has 0 saturated heterocycles. The van der Waals surface area contributed by atoms with E-state index in [1.807, 2.05) is 30.5 Å². The van der Waals surface area contributed by atoms with Gasteiger partial charge in [-0.2, -0.15) is 11.8 Å². The quantitative estimate of drug-likeness (QED) is 0.429. The van der Waals surface area contributed by atoms with Crippen molar-refractivity contribution in [1.29, 1.82) is 0 Å². The number of benzene rings is 2. The smallest absolute Gasteiger partial charge is 0.407 e. The van der Waals surface area contributed by atoms with E-state index >= 15 is 0 Å². The monoisotopic (exact) mass is 496 g/mol. The van der Waals surface area contributed by atoms with E-state index in [-0.39, 0.29) is 30.8 Å². The fourth-order valence-electron chi connectivity index (χ4n) is 5.11. The number of ether oxygens (including phenoxy) is 1. The third-order valence-electron chi connectivity index (χ3n) is 6.92. The zero-order chi connectivity index (χ0) is 24.8. The van der Waals surface area contributed by atoms with Crippen LogP contribution < -0.4 is 10.6 Å². The van der Waals surface area contributed by atoms with Gasteiger partial charge in [0.25, 0.3) is 0 Å². The average molecular weight is 497 g/mol. The normalized spacial score (nSPS) is 19.1. The number of carbonyl (C=O) groups is 3. The lowest BCUT2D eigenvalue weighted by Gasteiger charge is -2.34. The Balaban J connectivity index is 1.29. The van der Waals surface area contributed by atoms with Crippen molar-refractivity contribution < 1.29 is 24.2 Å². The molecule has 0 unspecified atom stereocenters. The van der Waals surface area contributed by atoms with Crippen LogP contribution in [-0.4, -0.2) is 54.3 Å². The Hall–Kier alpha value is -3.00. The Bertz CT molecular complexity index is 1020. The van der Waals surface area contributed by atoms with Gasteiger partial charge in [-0.05, 0) is 65.4 Å². The Labute approximate surface area is 210 Å². The number of carboxylic acids is 1. The maximum atomic E-state index is 12.8. The molecule has 0 aromatic heterocycles. The number of thioether (sulfide) groups is 1. The molecule has 0 aliphatic heterocycles. The first-order valence-corrected chi connectivity index (χ1v) is 13.5. The number of nitrogens with one attached hydrogen (secondary N) is 2.